The van der Waals surface area contributed by atoms with Crippen molar-refractivity contribution in [2.24, 2.45) is 0 Å². The number of H-pyrrole nitrogens is 1. The number of piperidine rings is 1. The van der Waals surface area contributed by atoms with E-state index in [9.17, 15) is 4.79 Å². The normalized spacial score (nSPS) is 15.6. The molecule has 0 saturated carbocycles. The summed E-state index contributed by atoms with van der Waals surface area (Å²) in [5.74, 6) is 0.931. The van der Waals surface area contributed by atoms with Crippen molar-refractivity contribution in [3.8, 4) is 5.75 Å². The maximum Gasteiger partial charge on any atom is 0.253 e. The summed E-state index contributed by atoms with van der Waals surface area (Å²) in [6.07, 6.45) is 7.19. The van der Waals surface area contributed by atoms with Crippen molar-refractivity contribution in [2.75, 3.05) is 13.1 Å². The van der Waals surface area contributed by atoms with Crippen LogP contribution in [0.4, 0.5) is 0 Å². The van der Waals surface area contributed by atoms with Crippen molar-refractivity contribution >= 4 is 16.8 Å². The van der Waals surface area contributed by atoms with E-state index in [1.807, 2.05) is 47.5 Å². The van der Waals surface area contributed by atoms with Gasteiger partial charge in [-0.15, -0.1) is 0 Å². The molecule has 1 N–H and O–H groups in total. The molecular weight excluding hydrogens is 302 g/mol. The Bertz CT molecular complexity index is 836. The molecule has 4 rings (SSSR count). The fourth-order valence-electron chi connectivity index (χ4n) is 3.15. The number of rotatable bonds is 3. The number of nitrogens with zero attached hydrogens (tertiary/aromatic N) is 2. The highest BCUT2D eigenvalue weighted by Gasteiger charge is 2.24. The number of aromatic nitrogens is 2. The van der Waals surface area contributed by atoms with Crippen LogP contribution in [-0.2, 0) is 0 Å². The second-order valence-corrected chi connectivity index (χ2v) is 6.07. The number of nitrogens with one attached hydrogen (secondary N) is 1. The molecular formula is C19H19N3O2. The summed E-state index contributed by atoms with van der Waals surface area (Å²) >= 11 is 0. The second-order valence-electron chi connectivity index (χ2n) is 6.07. The van der Waals surface area contributed by atoms with E-state index < -0.39 is 0 Å². The molecule has 3 aromatic rings. The van der Waals surface area contributed by atoms with Crippen LogP contribution in [0, 0.1) is 0 Å². The summed E-state index contributed by atoms with van der Waals surface area (Å²) in [5.41, 5.74) is 1.73. The molecule has 5 heteroatoms. The van der Waals surface area contributed by atoms with Crippen LogP contribution in [0.25, 0.3) is 10.9 Å². The van der Waals surface area contributed by atoms with Gasteiger partial charge < -0.3 is 14.6 Å². The van der Waals surface area contributed by atoms with Gasteiger partial charge in [0.25, 0.3) is 5.91 Å². The molecule has 1 aliphatic rings. The number of carbonyl (C=O) groups is 1. The lowest BCUT2D eigenvalue weighted by Crippen LogP contribution is -2.41. The monoisotopic (exact) mass is 321 g/mol. The summed E-state index contributed by atoms with van der Waals surface area (Å²) in [6, 6.07) is 11.5. The lowest BCUT2D eigenvalue weighted by molar-refractivity contribution is 0.0595. The van der Waals surface area contributed by atoms with Crippen LogP contribution in [0.2, 0.25) is 0 Å². The first kappa shape index (κ1) is 14.8. The molecule has 3 heterocycles. The number of amides is 1. The molecule has 2 aromatic heterocycles. The van der Waals surface area contributed by atoms with Gasteiger partial charge >= 0.3 is 0 Å². The van der Waals surface area contributed by atoms with Gasteiger partial charge in [0.05, 0.1) is 0 Å². The Hall–Kier alpha value is -2.82. The first-order chi connectivity index (χ1) is 11.8. The number of benzene rings is 1. The van der Waals surface area contributed by atoms with Crippen molar-refractivity contribution in [3.63, 3.8) is 0 Å². The Labute approximate surface area is 140 Å². The third-order valence-electron chi connectivity index (χ3n) is 4.48. The van der Waals surface area contributed by atoms with Gasteiger partial charge in [-0.3, -0.25) is 9.78 Å². The SMILES string of the molecule is O=C(c1ccc2cc[nH]c2c1)N1CCC(Oc2ccncc2)CC1. The number of pyridine rings is 1. The highest BCUT2D eigenvalue weighted by Crippen LogP contribution is 2.21. The molecule has 0 unspecified atom stereocenters. The summed E-state index contributed by atoms with van der Waals surface area (Å²) < 4.78 is 5.95. The lowest BCUT2D eigenvalue weighted by atomic mass is 10.1. The topological polar surface area (TPSA) is 58.2 Å². The van der Waals surface area contributed by atoms with Gasteiger partial charge in [-0.25, -0.2) is 0 Å². The maximum atomic E-state index is 12.7. The number of fused-ring (bicyclic) bond motifs is 1. The number of ether oxygens (including phenoxy) is 1. The van der Waals surface area contributed by atoms with Crippen LogP contribution >= 0.6 is 0 Å². The Morgan fingerprint density at radius 1 is 1.12 bits per heavy atom. The summed E-state index contributed by atoms with van der Waals surface area (Å²) in [4.78, 5) is 21.8. The molecule has 122 valence electrons. The molecule has 1 aromatic carbocycles. The van der Waals surface area contributed by atoms with Gasteiger partial charge in [0.2, 0.25) is 0 Å². The average Bonchev–Trinajstić information content (AvgIpc) is 3.10. The molecule has 5 nitrogen and oxygen atoms in total. The number of hydrogen-bond donors (Lipinski definition) is 1. The molecule has 1 aliphatic heterocycles. The molecule has 1 amide bonds. The molecule has 0 bridgehead atoms. The Morgan fingerprint density at radius 3 is 2.71 bits per heavy atom. The Balaban J connectivity index is 1.39. The van der Waals surface area contributed by atoms with Gasteiger partial charge in [0.15, 0.2) is 0 Å². The van der Waals surface area contributed by atoms with Crippen LogP contribution in [-0.4, -0.2) is 40.0 Å². The van der Waals surface area contributed by atoms with Crippen molar-refractivity contribution in [1.82, 2.24) is 14.9 Å². The Kier molecular flexibility index (Phi) is 3.91. The second kappa shape index (κ2) is 6.35. The maximum absolute atomic E-state index is 12.7. The van der Waals surface area contributed by atoms with E-state index in [0.29, 0.717) is 0 Å². The van der Waals surface area contributed by atoms with E-state index in [-0.39, 0.29) is 12.0 Å². The molecule has 24 heavy (non-hydrogen) atoms. The third-order valence-corrected chi connectivity index (χ3v) is 4.48. The van der Waals surface area contributed by atoms with E-state index in [1.165, 1.54) is 0 Å². The van der Waals surface area contributed by atoms with E-state index in [2.05, 4.69) is 9.97 Å². The standard InChI is InChI=1S/C19H19N3O2/c23-19(15-2-1-14-3-10-21-18(14)13-15)22-11-6-17(7-12-22)24-16-4-8-20-9-5-16/h1-5,8-10,13,17,21H,6-7,11-12H2. The smallest absolute Gasteiger partial charge is 0.253 e. The third kappa shape index (κ3) is 2.97. The highest BCUT2D eigenvalue weighted by molar-refractivity contribution is 5.98. The number of hydrogen-bond acceptors (Lipinski definition) is 3. The average molecular weight is 321 g/mol. The number of aromatic amines is 1. The highest BCUT2D eigenvalue weighted by atomic mass is 16.5. The largest absolute Gasteiger partial charge is 0.490 e. The van der Waals surface area contributed by atoms with Crippen LogP contribution in [0.15, 0.2) is 55.0 Å². The Morgan fingerprint density at radius 2 is 1.92 bits per heavy atom. The summed E-state index contributed by atoms with van der Waals surface area (Å²) in [5, 5.41) is 1.12. The van der Waals surface area contributed by atoms with E-state index in [1.54, 1.807) is 12.4 Å². The minimum absolute atomic E-state index is 0.0915. The minimum Gasteiger partial charge on any atom is -0.490 e. The zero-order valence-electron chi connectivity index (χ0n) is 13.3. The lowest BCUT2D eigenvalue weighted by Gasteiger charge is -2.32. The van der Waals surface area contributed by atoms with Crippen molar-refractivity contribution in [1.29, 1.82) is 0 Å². The van der Waals surface area contributed by atoms with Crippen LogP contribution in [0.5, 0.6) is 5.75 Å². The molecule has 1 fully saturated rings. The summed E-state index contributed by atoms with van der Waals surface area (Å²) in [7, 11) is 0. The zero-order valence-corrected chi connectivity index (χ0v) is 13.3. The van der Waals surface area contributed by atoms with E-state index in [4.69, 9.17) is 4.74 Å². The van der Waals surface area contributed by atoms with E-state index in [0.717, 1.165) is 48.1 Å². The number of likely N-dealkylation sites (tertiary alicyclic amines) is 1. The molecule has 1 saturated heterocycles. The van der Waals surface area contributed by atoms with Gasteiger partial charge in [0, 0.05) is 55.6 Å². The van der Waals surface area contributed by atoms with Gasteiger partial charge in [-0.2, -0.15) is 0 Å². The molecule has 0 aliphatic carbocycles. The van der Waals surface area contributed by atoms with Gasteiger partial charge in [-0.05, 0) is 35.7 Å². The van der Waals surface area contributed by atoms with Crippen molar-refractivity contribution in [3.05, 3.63) is 60.6 Å². The molecule has 0 radical (unpaired) electrons. The van der Waals surface area contributed by atoms with Crippen molar-refractivity contribution in [2.45, 2.75) is 18.9 Å². The van der Waals surface area contributed by atoms with E-state index >= 15 is 0 Å². The fraction of sp³-hybridized carbons (Fsp3) is 0.263. The van der Waals surface area contributed by atoms with Crippen LogP contribution in [0.3, 0.4) is 0 Å². The molecule has 0 atom stereocenters. The summed E-state index contributed by atoms with van der Waals surface area (Å²) in [6.45, 7) is 1.44. The van der Waals surface area contributed by atoms with Gasteiger partial charge in [0.1, 0.15) is 11.9 Å². The number of carbonyl (C=O) groups excluding carboxylic acids is 1. The predicted molar refractivity (Wildman–Crippen MR) is 92.1 cm³/mol. The van der Waals surface area contributed by atoms with Gasteiger partial charge in [-0.1, -0.05) is 6.07 Å². The van der Waals surface area contributed by atoms with Crippen molar-refractivity contribution < 1.29 is 9.53 Å². The van der Waals surface area contributed by atoms with Crippen LogP contribution < -0.4 is 4.74 Å². The first-order valence-electron chi connectivity index (χ1n) is 8.23. The molecule has 0 spiro atoms. The minimum atomic E-state index is 0.0915. The quantitative estimate of drug-likeness (QED) is 0.805. The first-order valence-corrected chi connectivity index (χ1v) is 8.23. The predicted octanol–water partition coefficient (Wildman–Crippen LogP) is 3.25. The zero-order chi connectivity index (χ0) is 16.4. The fourth-order valence-corrected chi connectivity index (χ4v) is 3.15. The van der Waals surface area contributed by atoms with Crippen LogP contribution in [0.1, 0.15) is 23.2 Å².